The van der Waals surface area contributed by atoms with Gasteiger partial charge in [-0.25, -0.2) is 0 Å². The number of unbranched alkanes of at least 4 members (excludes halogenated alkanes) is 6. The van der Waals surface area contributed by atoms with E-state index in [-0.39, 0.29) is 0 Å². The summed E-state index contributed by atoms with van der Waals surface area (Å²) in [6.07, 6.45) is 17.1. The number of benzene rings is 2. The van der Waals surface area contributed by atoms with Crippen LogP contribution in [-0.2, 0) is 25.7 Å². The molecule has 0 heterocycles. The second-order valence-corrected chi connectivity index (χ2v) is 8.01. The third-order valence-corrected chi connectivity index (χ3v) is 5.73. The van der Waals surface area contributed by atoms with Gasteiger partial charge in [-0.15, -0.1) is 0 Å². The van der Waals surface area contributed by atoms with E-state index < -0.39 is 0 Å². The highest BCUT2D eigenvalue weighted by Gasteiger charge is 2.03. The second kappa shape index (κ2) is 13.6. The zero-order chi connectivity index (χ0) is 19.2. The van der Waals surface area contributed by atoms with Crippen molar-refractivity contribution in [1.29, 1.82) is 0 Å². The molecule has 2 aromatic carbocycles. The fraction of sp³-hybridized carbons (Fsp3) is 0.556. The van der Waals surface area contributed by atoms with E-state index >= 15 is 0 Å². The Labute approximate surface area is 168 Å². The molecule has 0 bridgehead atoms. The summed E-state index contributed by atoms with van der Waals surface area (Å²) in [5, 5.41) is 0. The number of hydrogen-bond donors (Lipinski definition) is 0. The molecule has 0 aliphatic rings. The third kappa shape index (κ3) is 8.33. The Balaban J connectivity index is 1.63. The van der Waals surface area contributed by atoms with Gasteiger partial charge in [-0.3, -0.25) is 0 Å². The predicted octanol–water partition coefficient (Wildman–Crippen LogP) is 8.11. The summed E-state index contributed by atoms with van der Waals surface area (Å²) in [6, 6.07) is 18.2. The molecule has 0 unspecified atom stereocenters. The summed E-state index contributed by atoms with van der Waals surface area (Å²) in [5.74, 6) is 0. The molecule has 0 spiro atoms. The van der Waals surface area contributed by atoms with Gasteiger partial charge in [-0.05, 0) is 73.6 Å². The molecule has 0 aromatic heterocycles. The van der Waals surface area contributed by atoms with Gasteiger partial charge in [-0.2, -0.15) is 0 Å². The van der Waals surface area contributed by atoms with Crippen LogP contribution in [0, 0.1) is 0 Å². The molecule has 0 saturated carbocycles. The molecule has 0 nitrogen and oxygen atoms in total. The highest BCUT2D eigenvalue weighted by atomic mass is 14.1. The Morgan fingerprint density at radius 3 is 1.04 bits per heavy atom. The van der Waals surface area contributed by atoms with Crippen LogP contribution in [0.1, 0.15) is 93.9 Å². The molecule has 0 radical (unpaired) electrons. The van der Waals surface area contributed by atoms with Gasteiger partial charge in [0.15, 0.2) is 0 Å². The van der Waals surface area contributed by atoms with E-state index in [1.807, 2.05) is 0 Å². The third-order valence-electron chi connectivity index (χ3n) is 5.73. The molecule has 0 aliphatic carbocycles. The molecule has 0 saturated heterocycles. The fourth-order valence-electron chi connectivity index (χ4n) is 3.99. The quantitative estimate of drug-likeness (QED) is 0.297. The van der Waals surface area contributed by atoms with Crippen molar-refractivity contribution in [2.75, 3.05) is 0 Å². The Bertz CT molecular complexity index is 570. The molecule has 27 heavy (non-hydrogen) atoms. The maximum absolute atomic E-state index is 2.35. The molecule has 0 N–H and O–H groups in total. The summed E-state index contributed by atoms with van der Waals surface area (Å²) in [6.45, 7) is 4.57. The van der Waals surface area contributed by atoms with Gasteiger partial charge in [0.25, 0.3) is 0 Å². The van der Waals surface area contributed by atoms with Gasteiger partial charge in [0.2, 0.25) is 0 Å². The van der Waals surface area contributed by atoms with Crippen LogP contribution >= 0.6 is 0 Å². The second-order valence-electron chi connectivity index (χ2n) is 8.01. The van der Waals surface area contributed by atoms with Crippen molar-refractivity contribution in [1.82, 2.24) is 0 Å². The first-order chi connectivity index (χ1) is 13.3. The van der Waals surface area contributed by atoms with Crippen molar-refractivity contribution < 1.29 is 0 Å². The van der Waals surface area contributed by atoms with Gasteiger partial charge in [0.05, 0.1) is 0 Å². The molecular weight excluding hydrogens is 324 g/mol. The van der Waals surface area contributed by atoms with E-state index in [1.165, 1.54) is 83.5 Å². The van der Waals surface area contributed by atoms with Crippen LogP contribution in [0.4, 0.5) is 0 Å². The maximum Gasteiger partial charge on any atom is -0.0276 e. The normalized spacial score (nSPS) is 11.0. The van der Waals surface area contributed by atoms with E-state index in [0.29, 0.717) is 0 Å². The zero-order valence-electron chi connectivity index (χ0n) is 17.8. The molecule has 2 aromatic rings. The molecule has 0 heteroatoms. The first kappa shape index (κ1) is 21.7. The summed E-state index contributed by atoms with van der Waals surface area (Å²) in [7, 11) is 0. The Morgan fingerprint density at radius 1 is 0.407 bits per heavy atom. The molecule has 148 valence electrons. The highest BCUT2D eigenvalue weighted by Crippen LogP contribution is 2.18. The minimum absolute atomic E-state index is 1.25. The largest absolute Gasteiger partial charge is 0.0654 e. The van der Waals surface area contributed by atoms with Crippen molar-refractivity contribution in [3.05, 3.63) is 70.8 Å². The number of aryl methyl sites for hydroxylation is 4. The van der Waals surface area contributed by atoms with Crippen LogP contribution in [-0.4, -0.2) is 0 Å². The van der Waals surface area contributed by atoms with Crippen LogP contribution in [0.15, 0.2) is 48.5 Å². The van der Waals surface area contributed by atoms with Crippen LogP contribution in [0.3, 0.4) is 0 Å². The summed E-state index contributed by atoms with van der Waals surface area (Å²) in [5.41, 5.74) is 6.36. The van der Waals surface area contributed by atoms with E-state index in [2.05, 4.69) is 62.4 Å². The van der Waals surface area contributed by atoms with Crippen LogP contribution in [0.2, 0.25) is 0 Å². The zero-order valence-corrected chi connectivity index (χ0v) is 17.8. The van der Waals surface area contributed by atoms with Crippen molar-refractivity contribution in [2.24, 2.45) is 0 Å². The fourth-order valence-corrected chi connectivity index (χ4v) is 3.99. The minimum Gasteiger partial charge on any atom is -0.0654 e. The summed E-state index contributed by atoms with van der Waals surface area (Å²) < 4.78 is 0. The van der Waals surface area contributed by atoms with Gasteiger partial charge in [0, 0.05) is 0 Å². The Hall–Kier alpha value is -1.56. The maximum atomic E-state index is 2.35. The van der Waals surface area contributed by atoms with Gasteiger partial charge in [0.1, 0.15) is 0 Å². The van der Waals surface area contributed by atoms with Crippen molar-refractivity contribution in [3.8, 4) is 0 Å². The minimum atomic E-state index is 1.25. The molecule has 2 rings (SSSR count). The lowest BCUT2D eigenvalue weighted by atomic mass is 9.96. The lowest BCUT2D eigenvalue weighted by molar-refractivity contribution is 0.610. The van der Waals surface area contributed by atoms with Crippen molar-refractivity contribution in [3.63, 3.8) is 0 Å². The Kier molecular flexibility index (Phi) is 10.9. The molecule has 0 aliphatic heterocycles. The van der Waals surface area contributed by atoms with Gasteiger partial charge in [-0.1, -0.05) is 94.5 Å². The molecule has 0 amide bonds. The lowest BCUT2D eigenvalue weighted by Crippen LogP contribution is -1.96. The monoisotopic (exact) mass is 364 g/mol. The van der Waals surface area contributed by atoms with E-state index in [4.69, 9.17) is 0 Å². The van der Waals surface area contributed by atoms with E-state index in [1.54, 1.807) is 22.3 Å². The van der Waals surface area contributed by atoms with Crippen molar-refractivity contribution >= 4 is 0 Å². The smallest absolute Gasteiger partial charge is 0.0276 e. The van der Waals surface area contributed by atoms with Crippen LogP contribution in [0.25, 0.3) is 0 Å². The predicted molar refractivity (Wildman–Crippen MR) is 121 cm³/mol. The van der Waals surface area contributed by atoms with Gasteiger partial charge < -0.3 is 0 Å². The SMILES string of the molecule is CCCCc1ccccc1CCCCCCCc1ccccc1CCCC. The standard InChI is InChI=1S/C27H40/c1-3-5-16-24-20-12-14-22-26(24)18-10-8-7-9-11-19-27-23-15-13-21-25(27)17-6-4-2/h12-15,20-23H,3-11,16-19H2,1-2H3. The topological polar surface area (TPSA) is 0 Å². The average Bonchev–Trinajstić information content (AvgIpc) is 2.71. The number of hydrogen-bond acceptors (Lipinski definition) is 0. The first-order valence-electron chi connectivity index (χ1n) is 11.5. The molecule has 0 fully saturated rings. The summed E-state index contributed by atoms with van der Waals surface area (Å²) in [4.78, 5) is 0. The highest BCUT2D eigenvalue weighted by molar-refractivity contribution is 5.28. The van der Waals surface area contributed by atoms with Crippen molar-refractivity contribution in [2.45, 2.75) is 97.3 Å². The van der Waals surface area contributed by atoms with E-state index in [9.17, 15) is 0 Å². The number of rotatable bonds is 14. The molecule has 0 atom stereocenters. The Morgan fingerprint density at radius 2 is 0.704 bits per heavy atom. The summed E-state index contributed by atoms with van der Waals surface area (Å²) >= 11 is 0. The lowest BCUT2D eigenvalue weighted by Gasteiger charge is -2.10. The first-order valence-corrected chi connectivity index (χ1v) is 11.5. The molecular formula is C27H40. The van der Waals surface area contributed by atoms with Gasteiger partial charge >= 0.3 is 0 Å². The van der Waals surface area contributed by atoms with Crippen LogP contribution < -0.4 is 0 Å². The van der Waals surface area contributed by atoms with E-state index in [0.717, 1.165) is 0 Å². The van der Waals surface area contributed by atoms with Crippen LogP contribution in [0.5, 0.6) is 0 Å². The average molecular weight is 365 g/mol.